The largest absolute Gasteiger partial charge is 0.460 e. The summed E-state index contributed by atoms with van der Waals surface area (Å²) < 4.78 is 4.92. The molecule has 0 saturated carbocycles. The summed E-state index contributed by atoms with van der Waals surface area (Å²) in [6.45, 7) is 1.07. The van der Waals surface area contributed by atoms with Crippen LogP contribution in [0.2, 0.25) is 0 Å². The number of terminal acetylenes is 1. The molecule has 2 N–H and O–H groups in total. The van der Waals surface area contributed by atoms with Crippen molar-refractivity contribution in [2.75, 3.05) is 6.61 Å². The molecule has 0 bridgehead atoms. The molecule has 0 amide bonds. The number of aliphatic hydroxyl groups excluding tert-OH is 2. The summed E-state index contributed by atoms with van der Waals surface area (Å²) in [5, 5.41) is 19.0. The molecule has 23 heavy (non-hydrogen) atoms. The van der Waals surface area contributed by atoms with Gasteiger partial charge in [0, 0.05) is 19.8 Å². The molecule has 0 aromatic rings. The van der Waals surface area contributed by atoms with Crippen molar-refractivity contribution in [3.8, 4) is 12.3 Å². The van der Waals surface area contributed by atoms with E-state index >= 15 is 0 Å². The molecule has 134 valence electrons. The zero-order chi connectivity index (χ0) is 17.3. The van der Waals surface area contributed by atoms with Crippen molar-refractivity contribution in [3.05, 3.63) is 0 Å². The van der Waals surface area contributed by atoms with Gasteiger partial charge in [-0.2, -0.15) is 0 Å². The molecule has 0 aromatic heterocycles. The molecule has 4 heteroatoms. The van der Waals surface area contributed by atoms with Gasteiger partial charge in [-0.15, -0.1) is 12.3 Å². The summed E-state index contributed by atoms with van der Waals surface area (Å²) in [5.41, 5.74) is 0. The fourth-order valence-electron chi connectivity index (χ4n) is 2.66. The van der Waals surface area contributed by atoms with Crippen molar-refractivity contribution in [2.45, 2.75) is 96.2 Å². The Morgan fingerprint density at radius 1 is 1.04 bits per heavy atom. The second-order valence-corrected chi connectivity index (χ2v) is 6.23. The maximum atomic E-state index is 10.8. The predicted molar refractivity (Wildman–Crippen MR) is 92.9 cm³/mol. The lowest BCUT2D eigenvalue weighted by Crippen LogP contribution is -2.26. The number of ether oxygens (including phenoxy) is 1. The molecule has 0 rings (SSSR count). The van der Waals surface area contributed by atoms with Crippen LogP contribution in [0.25, 0.3) is 0 Å². The van der Waals surface area contributed by atoms with E-state index in [4.69, 9.17) is 16.3 Å². The molecule has 0 saturated heterocycles. The molecular formula is C19H34O4. The predicted octanol–water partition coefficient (Wildman–Crippen LogP) is 3.59. The highest BCUT2D eigenvalue weighted by Gasteiger charge is 2.16. The van der Waals surface area contributed by atoms with Gasteiger partial charge in [-0.1, -0.05) is 51.4 Å². The summed E-state index contributed by atoms with van der Waals surface area (Å²) in [7, 11) is 0. The van der Waals surface area contributed by atoms with Crippen molar-refractivity contribution in [1.29, 1.82) is 0 Å². The van der Waals surface area contributed by atoms with E-state index in [-0.39, 0.29) is 6.61 Å². The van der Waals surface area contributed by atoms with Gasteiger partial charge in [0.25, 0.3) is 0 Å². The van der Waals surface area contributed by atoms with E-state index in [1.165, 1.54) is 45.4 Å². The quantitative estimate of drug-likeness (QED) is 0.274. The Morgan fingerprint density at radius 2 is 1.57 bits per heavy atom. The number of rotatable bonds is 15. The lowest BCUT2D eigenvalue weighted by Gasteiger charge is -2.18. The van der Waals surface area contributed by atoms with Crippen molar-refractivity contribution in [3.63, 3.8) is 0 Å². The Bertz CT molecular complexity index is 322. The van der Waals surface area contributed by atoms with Gasteiger partial charge in [0.05, 0.1) is 12.7 Å². The van der Waals surface area contributed by atoms with Gasteiger partial charge in [0.1, 0.15) is 6.10 Å². The van der Waals surface area contributed by atoms with Gasteiger partial charge in [-0.05, 0) is 12.8 Å². The Labute approximate surface area is 141 Å². The molecule has 0 unspecified atom stereocenters. The van der Waals surface area contributed by atoms with E-state index in [1.54, 1.807) is 0 Å². The molecule has 0 aromatic carbocycles. The van der Waals surface area contributed by atoms with Crippen LogP contribution in [0.1, 0.15) is 84.0 Å². The minimum absolute atomic E-state index is 0.238. The first-order chi connectivity index (χ1) is 11.1. The number of hydrogen-bond acceptors (Lipinski definition) is 4. The number of aliphatic hydroxyl groups is 2. The Balaban J connectivity index is 3.40. The third-order valence-corrected chi connectivity index (χ3v) is 3.93. The van der Waals surface area contributed by atoms with Crippen LogP contribution < -0.4 is 0 Å². The molecule has 4 nitrogen and oxygen atoms in total. The normalized spacial score (nSPS) is 13.3. The minimum atomic E-state index is -0.586. The molecule has 0 aliphatic heterocycles. The topological polar surface area (TPSA) is 66.8 Å². The van der Waals surface area contributed by atoms with E-state index in [1.807, 2.05) is 0 Å². The first kappa shape index (κ1) is 21.9. The van der Waals surface area contributed by atoms with Crippen LogP contribution >= 0.6 is 0 Å². The maximum absolute atomic E-state index is 10.8. The van der Waals surface area contributed by atoms with Gasteiger partial charge in [-0.3, -0.25) is 4.79 Å². The van der Waals surface area contributed by atoms with E-state index < -0.39 is 18.2 Å². The average molecular weight is 326 g/mol. The van der Waals surface area contributed by atoms with E-state index in [0.717, 1.165) is 25.7 Å². The molecule has 0 aliphatic rings. The SMILES string of the molecule is C#CCCCCCCCCCCC[C@H](O)C[C@@H](CO)OC(C)=O. The molecule has 0 radical (unpaired) electrons. The summed E-state index contributed by atoms with van der Waals surface area (Å²) in [6.07, 6.45) is 16.8. The van der Waals surface area contributed by atoms with Crippen LogP contribution in [-0.2, 0) is 9.53 Å². The van der Waals surface area contributed by atoms with E-state index in [0.29, 0.717) is 12.8 Å². The second kappa shape index (κ2) is 15.8. The third-order valence-electron chi connectivity index (χ3n) is 3.93. The smallest absolute Gasteiger partial charge is 0.302 e. The first-order valence-electron chi connectivity index (χ1n) is 8.99. The second-order valence-electron chi connectivity index (χ2n) is 6.23. The Kier molecular flexibility index (Phi) is 15.1. The van der Waals surface area contributed by atoms with Crippen molar-refractivity contribution >= 4 is 5.97 Å². The summed E-state index contributed by atoms with van der Waals surface area (Å²) in [6, 6.07) is 0. The molecular weight excluding hydrogens is 292 g/mol. The molecule has 0 heterocycles. The average Bonchev–Trinajstić information content (AvgIpc) is 2.51. The summed E-state index contributed by atoms with van der Waals surface area (Å²) in [4.78, 5) is 10.8. The van der Waals surface area contributed by atoms with E-state index in [2.05, 4.69) is 5.92 Å². The Hall–Kier alpha value is -1.05. The number of hydrogen-bond donors (Lipinski definition) is 2. The fraction of sp³-hybridized carbons (Fsp3) is 0.842. The fourth-order valence-corrected chi connectivity index (χ4v) is 2.66. The van der Waals surface area contributed by atoms with Gasteiger partial charge < -0.3 is 14.9 Å². The number of carbonyl (C=O) groups is 1. The molecule has 0 spiro atoms. The monoisotopic (exact) mass is 326 g/mol. The van der Waals surface area contributed by atoms with Crippen LogP contribution in [0.5, 0.6) is 0 Å². The summed E-state index contributed by atoms with van der Waals surface area (Å²) in [5.74, 6) is 2.25. The van der Waals surface area contributed by atoms with Gasteiger partial charge in [-0.25, -0.2) is 0 Å². The van der Waals surface area contributed by atoms with Crippen molar-refractivity contribution in [1.82, 2.24) is 0 Å². The zero-order valence-electron chi connectivity index (χ0n) is 14.6. The maximum Gasteiger partial charge on any atom is 0.302 e. The molecule has 0 aliphatic carbocycles. The van der Waals surface area contributed by atoms with Crippen LogP contribution in [0, 0.1) is 12.3 Å². The molecule has 2 atom stereocenters. The first-order valence-corrected chi connectivity index (χ1v) is 8.99. The van der Waals surface area contributed by atoms with Crippen LogP contribution in [0.4, 0.5) is 0 Å². The van der Waals surface area contributed by atoms with Crippen LogP contribution in [0.15, 0.2) is 0 Å². The number of unbranched alkanes of at least 4 members (excludes halogenated alkanes) is 9. The van der Waals surface area contributed by atoms with E-state index in [9.17, 15) is 9.90 Å². The number of carbonyl (C=O) groups excluding carboxylic acids is 1. The molecule has 0 fully saturated rings. The Morgan fingerprint density at radius 3 is 2.04 bits per heavy atom. The van der Waals surface area contributed by atoms with Gasteiger partial charge in [0.2, 0.25) is 0 Å². The zero-order valence-corrected chi connectivity index (χ0v) is 14.6. The van der Waals surface area contributed by atoms with Crippen molar-refractivity contribution < 1.29 is 19.7 Å². The lowest BCUT2D eigenvalue weighted by molar-refractivity contribution is -0.149. The minimum Gasteiger partial charge on any atom is -0.460 e. The standard InChI is InChI=1S/C19H34O4/c1-3-4-5-6-7-8-9-10-11-12-13-14-18(22)15-19(16-20)23-17(2)21/h1,18-20,22H,4-16H2,2H3/t18-,19-/m0/s1. The highest BCUT2D eigenvalue weighted by molar-refractivity contribution is 5.66. The lowest BCUT2D eigenvalue weighted by atomic mass is 10.0. The highest BCUT2D eigenvalue weighted by atomic mass is 16.5. The van der Waals surface area contributed by atoms with Crippen molar-refractivity contribution in [2.24, 2.45) is 0 Å². The van der Waals surface area contributed by atoms with Crippen LogP contribution in [0.3, 0.4) is 0 Å². The summed E-state index contributed by atoms with van der Waals surface area (Å²) >= 11 is 0. The highest BCUT2D eigenvalue weighted by Crippen LogP contribution is 2.14. The van der Waals surface area contributed by atoms with Gasteiger partial charge >= 0.3 is 5.97 Å². The van der Waals surface area contributed by atoms with Crippen LogP contribution in [-0.4, -0.2) is 35.0 Å². The third kappa shape index (κ3) is 15.6. The number of esters is 1. The van der Waals surface area contributed by atoms with Gasteiger partial charge in [0.15, 0.2) is 0 Å².